The summed E-state index contributed by atoms with van der Waals surface area (Å²) in [5, 5.41) is 7.77. The number of fused-ring (bicyclic) bond motifs is 1. The minimum atomic E-state index is 0.479. The monoisotopic (exact) mass is 165 g/mol. The van der Waals surface area contributed by atoms with Crippen molar-refractivity contribution < 1.29 is 4.79 Å². The fourth-order valence-electron chi connectivity index (χ4n) is 1.59. The van der Waals surface area contributed by atoms with E-state index in [1.165, 1.54) is 6.42 Å². The highest BCUT2D eigenvalue weighted by Crippen LogP contribution is 2.13. The molecule has 0 spiro atoms. The Morgan fingerprint density at radius 3 is 3.00 bits per heavy atom. The standard InChI is InChI=1S/C8H11N3O/c12-6-8-10-9-7-4-2-1-3-5-11(7)8/h6H,1-5H2. The van der Waals surface area contributed by atoms with E-state index in [1.54, 1.807) is 0 Å². The van der Waals surface area contributed by atoms with Crippen LogP contribution in [0.2, 0.25) is 0 Å². The third-order valence-corrected chi connectivity index (χ3v) is 2.24. The van der Waals surface area contributed by atoms with E-state index in [9.17, 15) is 4.79 Å². The second-order valence-corrected chi connectivity index (χ2v) is 3.05. The number of nitrogens with zero attached hydrogens (tertiary/aromatic N) is 3. The van der Waals surface area contributed by atoms with E-state index < -0.39 is 0 Å². The van der Waals surface area contributed by atoms with Gasteiger partial charge >= 0.3 is 0 Å². The Kier molecular flexibility index (Phi) is 1.89. The Morgan fingerprint density at radius 2 is 2.17 bits per heavy atom. The van der Waals surface area contributed by atoms with E-state index in [1.807, 2.05) is 4.57 Å². The number of hydrogen-bond donors (Lipinski definition) is 0. The maximum Gasteiger partial charge on any atom is 0.196 e. The third kappa shape index (κ3) is 1.13. The summed E-state index contributed by atoms with van der Waals surface area (Å²) < 4.78 is 1.93. The minimum Gasteiger partial charge on any atom is -0.309 e. The number of carbonyl (C=O) groups is 1. The van der Waals surface area contributed by atoms with Crippen LogP contribution in [0.5, 0.6) is 0 Å². The van der Waals surface area contributed by atoms with Crippen LogP contribution in [0.15, 0.2) is 0 Å². The Hall–Kier alpha value is -1.19. The number of aryl methyl sites for hydroxylation is 1. The van der Waals surface area contributed by atoms with Crippen LogP contribution in [0.4, 0.5) is 0 Å². The van der Waals surface area contributed by atoms with Gasteiger partial charge < -0.3 is 4.57 Å². The molecule has 0 bridgehead atoms. The van der Waals surface area contributed by atoms with Crippen LogP contribution in [0, 0.1) is 0 Å². The molecule has 0 fully saturated rings. The molecule has 1 aliphatic rings. The molecule has 1 aliphatic heterocycles. The SMILES string of the molecule is O=Cc1nnc2n1CCCCC2. The molecule has 64 valence electrons. The van der Waals surface area contributed by atoms with Gasteiger partial charge in [-0.3, -0.25) is 4.79 Å². The first kappa shape index (κ1) is 7.46. The summed E-state index contributed by atoms with van der Waals surface area (Å²) in [6.45, 7) is 0.899. The van der Waals surface area contributed by atoms with Crippen molar-refractivity contribution in [3.63, 3.8) is 0 Å². The zero-order chi connectivity index (χ0) is 8.39. The molecule has 0 aliphatic carbocycles. The van der Waals surface area contributed by atoms with Crippen LogP contribution >= 0.6 is 0 Å². The van der Waals surface area contributed by atoms with Gasteiger partial charge in [0, 0.05) is 13.0 Å². The van der Waals surface area contributed by atoms with Crippen LogP contribution in [-0.4, -0.2) is 21.1 Å². The molecule has 0 aromatic carbocycles. The molecule has 1 aromatic heterocycles. The highest BCUT2D eigenvalue weighted by Gasteiger charge is 2.13. The van der Waals surface area contributed by atoms with Gasteiger partial charge in [-0.1, -0.05) is 6.42 Å². The second-order valence-electron chi connectivity index (χ2n) is 3.05. The summed E-state index contributed by atoms with van der Waals surface area (Å²) >= 11 is 0. The molecule has 2 rings (SSSR count). The molecular formula is C8H11N3O. The summed E-state index contributed by atoms with van der Waals surface area (Å²) in [4.78, 5) is 10.5. The predicted molar refractivity (Wildman–Crippen MR) is 43.0 cm³/mol. The molecule has 0 unspecified atom stereocenters. The van der Waals surface area contributed by atoms with Crippen molar-refractivity contribution in [1.82, 2.24) is 14.8 Å². The van der Waals surface area contributed by atoms with Crippen LogP contribution < -0.4 is 0 Å². The van der Waals surface area contributed by atoms with Crippen LogP contribution in [0.3, 0.4) is 0 Å². The number of rotatable bonds is 1. The molecule has 4 heteroatoms. The fraction of sp³-hybridized carbons (Fsp3) is 0.625. The number of hydrogen-bond acceptors (Lipinski definition) is 3. The van der Waals surface area contributed by atoms with E-state index in [0.29, 0.717) is 5.82 Å². The van der Waals surface area contributed by atoms with Gasteiger partial charge in [0.2, 0.25) is 0 Å². The van der Waals surface area contributed by atoms with Crippen molar-refractivity contribution in [2.75, 3.05) is 0 Å². The third-order valence-electron chi connectivity index (χ3n) is 2.24. The number of carbonyl (C=O) groups excluding carboxylic acids is 1. The van der Waals surface area contributed by atoms with E-state index >= 15 is 0 Å². The molecule has 2 heterocycles. The predicted octanol–water partition coefficient (Wildman–Crippen LogP) is 0.817. The number of aldehydes is 1. The maximum absolute atomic E-state index is 10.5. The zero-order valence-electron chi connectivity index (χ0n) is 6.86. The average molecular weight is 165 g/mol. The normalized spacial score (nSPS) is 16.7. The molecule has 0 N–H and O–H groups in total. The summed E-state index contributed by atoms with van der Waals surface area (Å²) in [5.74, 6) is 1.45. The average Bonchev–Trinajstić information content (AvgIpc) is 2.33. The van der Waals surface area contributed by atoms with Gasteiger partial charge in [0.15, 0.2) is 12.1 Å². The van der Waals surface area contributed by atoms with Crippen LogP contribution in [0.25, 0.3) is 0 Å². The lowest BCUT2D eigenvalue weighted by Gasteiger charge is -2.00. The Morgan fingerprint density at radius 1 is 1.25 bits per heavy atom. The summed E-state index contributed by atoms with van der Waals surface area (Å²) in [7, 11) is 0. The Bertz CT molecular complexity index is 292. The van der Waals surface area contributed by atoms with Crippen molar-refractivity contribution in [2.45, 2.75) is 32.2 Å². The summed E-state index contributed by atoms with van der Waals surface area (Å²) in [5.41, 5.74) is 0. The van der Waals surface area contributed by atoms with Crippen molar-refractivity contribution in [3.8, 4) is 0 Å². The van der Waals surface area contributed by atoms with E-state index in [2.05, 4.69) is 10.2 Å². The Balaban J connectivity index is 2.38. The van der Waals surface area contributed by atoms with Gasteiger partial charge in [-0.15, -0.1) is 10.2 Å². The quantitative estimate of drug-likeness (QED) is 0.579. The first-order valence-electron chi connectivity index (χ1n) is 4.29. The van der Waals surface area contributed by atoms with Gasteiger partial charge in [0.25, 0.3) is 0 Å². The zero-order valence-corrected chi connectivity index (χ0v) is 6.86. The summed E-state index contributed by atoms with van der Waals surface area (Å²) in [6.07, 6.45) is 5.26. The molecule has 0 saturated carbocycles. The largest absolute Gasteiger partial charge is 0.309 e. The fourth-order valence-corrected chi connectivity index (χ4v) is 1.59. The maximum atomic E-state index is 10.5. The topological polar surface area (TPSA) is 47.8 Å². The smallest absolute Gasteiger partial charge is 0.196 e. The lowest BCUT2D eigenvalue weighted by Crippen LogP contribution is -2.04. The Labute approximate surface area is 70.6 Å². The highest BCUT2D eigenvalue weighted by molar-refractivity contribution is 5.68. The highest BCUT2D eigenvalue weighted by atomic mass is 16.1. The van der Waals surface area contributed by atoms with Gasteiger partial charge in [-0.25, -0.2) is 0 Å². The van der Waals surface area contributed by atoms with E-state index in [0.717, 1.165) is 37.9 Å². The summed E-state index contributed by atoms with van der Waals surface area (Å²) in [6, 6.07) is 0. The van der Waals surface area contributed by atoms with Gasteiger partial charge in [-0.05, 0) is 12.8 Å². The molecular weight excluding hydrogens is 154 g/mol. The van der Waals surface area contributed by atoms with Crippen molar-refractivity contribution in [3.05, 3.63) is 11.6 Å². The molecule has 1 aromatic rings. The van der Waals surface area contributed by atoms with Crippen LogP contribution in [-0.2, 0) is 13.0 Å². The van der Waals surface area contributed by atoms with E-state index in [4.69, 9.17) is 0 Å². The lowest BCUT2D eigenvalue weighted by atomic mass is 10.2. The molecule has 0 radical (unpaired) electrons. The molecule has 0 atom stereocenters. The molecule has 12 heavy (non-hydrogen) atoms. The molecule has 0 saturated heterocycles. The van der Waals surface area contributed by atoms with Crippen molar-refractivity contribution in [2.24, 2.45) is 0 Å². The number of aromatic nitrogens is 3. The molecule has 0 amide bonds. The van der Waals surface area contributed by atoms with Gasteiger partial charge in [-0.2, -0.15) is 0 Å². The van der Waals surface area contributed by atoms with Crippen molar-refractivity contribution >= 4 is 6.29 Å². The molecule has 4 nitrogen and oxygen atoms in total. The first-order chi connectivity index (χ1) is 5.92. The van der Waals surface area contributed by atoms with Crippen LogP contribution in [0.1, 0.15) is 35.7 Å². The van der Waals surface area contributed by atoms with Gasteiger partial charge in [0.05, 0.1) is 0 Å². The minimum absolute atomic E-state index is 0.479. The lowest BCUT2D eigenvalue weighted by molar-refractivity contribution is 0.111. The van der Waals surface area contributed by atoms with E-state index in [-0.39, 0.29) is 0 Å². The second kappa shape index (κ2) is 3.05. The van der Waals surface area contributed by atoms with Gasteiger partial charge in [0.1, 0.15) is 5.82 Å². The first-order valence-corrected chi connectivity index (χ1v) is 4.29. The van der Waals surface area contributed by atoms with Crippen molar-refractivity contribution in [1.29, 1.82) is 0 Å².